The molecule has 1 unspecified atom stereocenters. The highest BCUT2D eigenvalue weighted by Gasteiger charge is 2.52. The van der Waals surface area contributed by atoms with E-state index in [0.29, 0.717) is 0 Å². The van der Waals surface area contributed by atoms with Crippen LogP contribution in [0.2, 0.25) is 0 Å². The fourth-order valence-corrected chi connectivity index (χ4v) is 10.0. The van der Waals surface area contributed by atoms with Crippen molar-refractivity contribution in [2.75, 3.05) is 9.80 Å². The van der Waals surface area contributed by atoms with Crippen molar-refractivity contribution < 1.29 is 0 Å². The standard InChI is InChI=1S/C56H54BN3/c1-37-23-25-40(26-24-37)52-50(39-17-11-9-12-18-39)53-54(60(52)43-19-13-10-14-20-43)57-46-21-15-16-22-47(46)58(44-31-27-41(28-32-44)55(3,4)5)48-35-38(2)36-49(51(48)57)59(53)45-33-29-42(30-34-45)56(6,7)8/h9-35,49H,36H2,1-8H3. The van der Waals surface area contributed by atoms with Gasteiger partial charge in [-0.15, -0.1) is 0 Å². The molecule has 0 fully saturated rings. The molecular formula is C56H54BN3. The van der Waals surface area contributed by atoms with Gasteiger partial charge in [-0.1, -0.05) is 168 Å². The number of nitrogens with zero attached hydrogens (tertiary/aromatic N) is 3. The number of hydrogen-bond acceptors (Lipinski definition) is 2. The molecule has 3 aliphatic rings. The van der Waals surface area contributed by atoms with Gasteiger partial charge in [-0.2, -0.15) is 0 Å². The molecule has 6 aromatic carbocycles. The summed E-state index contributed by atoms with van der Waals surface area (Å²) in [4.78, 5) is 5.29. The van der Waals surface area contributed by atoms with E-state index in [9.17, 15) is 0 Å². The number of rotatable bonds is 5. The number of aryl methyl sites for hydroxylation is 1. The van der Waals surface area contributed by atoms with Crippen molar-refractivity contribution in [2.45, 2.75) is 78.7 Å². The van der Waals surface area contributed by atoms with Crippen LogP contribution in [0.4, 0.5) is 22.7 Å². The Labute approximate surface area is 357 Å². The fraction of sp³-hybridized carbons (Fsp3) is 0.214. The summed E-state index contributed by atoms with van der Waals surface area (Å²) in [5.74, 6) is 0. The van der Waals surface area contributed by atoms with E-state index in [2.05, 4.69) is 234 Å². The topological polar surface area (TPSA) is 11.4 Å². The summed E-state index contributed by atoms with van der Waals surface area (Å²) in [6.45, 7) is 18.3. The molecular weight excluding hydrogens is 725 g/mol. The molecule has 7 aromatic rings. The summed E-state index contributed by atoms with van der Waals surface area (Å²) in [6.07, 6.45) is 3.42. The molecule has 3 heterocycles. The lowest BCUT2D eigenvalue weighted by atomic mass is 9.32. The summed E-state index contributed by atoms with van der Waals surface area (Å²) >= 11 is 0. The smallest absolute Gasteiger partial charge is 0.268 e. The second kappa shape index (κ2) is 14.2. The monoisotopic (exact) mass is 779 g/mol. The first-order valence-electron chi connectivity index (χ1n) is 21.7. The van der Waals surface area contributed by atoms with E-state index in [1.807, 2.05) is 0 Å². The average molecular weight is 780 g/mol. The van der Waals surface area contributed by atoms with Gasteiger partial charge in [-0.05, 0) is 113 Å². The molecule has 60 heavy (non-hydrogen) atoms. The molecule has 0 bridgehead atoms. The highest BCUT2D eigenvalue weighted by molar-refractivity contribution is 6.94. The van der Waals surface area contributed by atoms with Gasteiger partial charge in [-0.25, -0.2) is 0 Å². The zero-order chi connectivity index (χ0) is 41.5. The van der Waals surface area contributed by atoms with Crippen LogP contribution in [0.1, 0.15) is 71.6 Å². The molecule has 1 aliphatic carbocycles. The van der Waals surface area contributed by atoms with Gasteiger partial charge >= 0.3 is 0 Å². The van der Waals surface area contributed by atoms with Crippen LogP contribution >= 0.6 is 0 Å². The Hall–Kier alpha value is -6.26. The van der Waals surface area contributed by atoms with Crippen LogP contribution < -0.4 is 20.9 Å². The molecule has 0 saturated carbocycles. The summed E-state index contributed by atoms with van der Waals surface area (Å²) in [7, 11) is 0. The Balaban J connectivity index is 1.37. The van der Waals surface area contributed by atoms with Crippen LogP contribution in [-0.2, 0) is 10.8 Å². The van der Waals surface area contributed by atoms with Crippen molar-refractivity contribution in [3.8, 4) is 28.1 Å². The first-order chi connectivity index (χ1) is 28.9. The van der Waals surface area contributed by atoms with Gasteiger partial charge in [0, 0.05) is 39.6 Å². The van der Waals surface area contributed by atoms with E-state index in [1.54, 1.807) is 0 Å². The van der Waals surface area contributed by atoms with Crippen LogP contribution in [0.15, 0.2) is 181 Å². The molecule has 0 spiro atoms. The minimum atomic E-state index is -0.00221. The van der Waals surface area contributed by atoms with Gasteiger partial charge in [0.25, 0.3) is 6.71 Å². The molecule has 1 atom stereocenters. The van der Waals surface area contributed by atoms with Gasteiger partial charge < -0.3 is 14.4 Å². The predicted octanol–water partition coefficient (Wildman–Crippen LogP) is 13.1. The third-order valence-corrected chi connectivity index (χ3v) is 13.0. The number of para-hydroxylation sites is 2. The Bertz CT molecular complexity index is 2790. The number of fused-ring (bicyclic) bond motifs is 4. The molecule has 296 valence electrons. The summed E-state index contributed by atoms with van der Waals surface area (Å²) in [5, 5.41) is 0. The first kappa shape index (κ1) is 38.0. The maximum atomic E-state index is 2.73. The van der Waals surface area contributed by atoms with E-state index in [4.69, 9.17) is 0 Å². The normalized spacial score (nSPS) is 16.0. The van der Waals surface area contributed by atoms with Crippen LogP contribution in [0.5, 0.6) is 0 Å². The summed E-state index contributed by atoms with van der Waals surface area (Å²) in [5.41, 5.74) is 21.8. The molecule has 3 nitrogen and oxygen atoms in total. The van der Waals surface area contributed by atoms with Gasteiger partial charge in [0.2, 0.25) is 0 Å². The van der Waals surface area contributed by atoms with Crippen LogP contribution in [0.25, 0.3) is 28.1 Å². The van der Waals surface area contributed by atoms with E-state index in [0.717, 1.165) is 12.1 Å². The number of hydrogen-bond donors (Lipinski definition) is 0. The molecule has 2 aliphatic heterocycles. The third kappa shape index (κ3) is 6.19. The number of benzene rings is 6. The third-order valence-electron chi connectivity index (χ3n) is 13.0. The minimum absolute atomic E-state index is 0.00221. The highest BCUT2D eigenvalue weighted by Crippen LogP contribution is 2.53. The second-order valence-corrected chi connectivity index (χ2v) is 19.2. The average Bonchev–Trinajstić information content (AvgIpc) is 3.59. The van der Waals surface area contributed by atoms with Crippen molar-refractivity contribution in [2.24, 2.45) is 0 Å². The highest BCUT2D eigenvalue weighted by atomic mass is 15.2. The van der Waals surface area contributed by atoms with Gasteiger partial charge in [0.1, 0.15) is 0 Å². The quantitative estimate of drug-likeness (QED) is 0.161. The first-order valence-corrected chi connectivity index (χ1v) is 21.7. The number of aromatic nitrogens is 1. The number of allylic oxidation sites excluding steroid dienone is 1. The zero-order valence-electron chi connectivity index (χ0n) is 36.3. The Kier molecular flexibility index (Phi) is 8.99. The molecule has 10 rings (SSSR count). The summed E-state index contributed by atoms with van der Waals surface area (Å²) < 4.78 is 2.63. The van der Waals surface area contributed by atoms with Crippen molar-refractivity contribution >= 4 is 40.5 Å². The van der Waals surface area contributed by atoms with Crippen LogP contribution in [-0.4, -0.2) is 17.3 Å². The predicted molar refractivity (Wildman–Crippen MR) is 257 cm³/mol. The van der Waals surface area contributed by atoms with Crippen molar-refractivity contribution in [3.05, 3.63) is 197 Å². The molecule has 0 N–H and O–H groups in total. The van der Waals surface area contributed by atoms with Crippen molar-refractivity contribution in [1.29, 1.82) is 0 Å². The lowest BCUT2D eigenvalue weighted by Gasteiger charge is -2.50. The lowest BCUT2D eigenvalue weighted by Crippen LogP contribution is -2.62. The Morgan fingerprint density at radius 2 is 1.12 bits per heavy atom. The van der Waals surface area contributed by atoms with E-state index in [-0.39, 0.29) is 23.6 Å². The van der Waals surface area contributed by atoms with Gasteiger partial charge in [0.15, 0.2) is 0 Å². The molecule has 1 aromatic heterocycles. The lowest BCUT2D eigenvalue weighted by molar-refractivity contribution is 0.590. The van der Waals surface area contributed by atoms with E-state index >= 15 is 0 Å². The zero-order valence-corrected chi connectivity index (χ0v) is 36.3. The second-order valence-electron chi connectivity index (χ2n) is 19.2. The fourth-order valence-electron chi connectivity index (χ4n) is 10.0. The van der Waals surface area contributed by atoms with Gasteiger partial charge in [0.05, 0.1) is 17.4 Å². The van der Waals surface area contributed by atoms with Crippen LogP contribution in [0, 0.1) is 6.92 Å². The molecule has 0 radical (unpaired) electrons. The molecule has 4 heteroatoms. The SMILES string of the molecule is CC1=CC2=C3B(c4ccccc4N2c2ccc(C(C)(C)C)cc2)c2c(c(-c4ccccc4)c(-c4ccc(C)cc4)n2-c2ccccc2)N(c2ccc(C(C)(C)C)cc2)C3C1. The summed E-state index contributed by atoms with van der Waals surface area (Å²) in [6, 6.07) is 59.5. The minimum Gasteiger partial charge on any atom is -0.333 e. The molecule has 0 amide bonds. The van der Waals surface area contributed by atoms with Gasteiger partial charge in [-0.3, -0.25) is 0 Å². The maximum absolute atomic E-state index is 2.73. The molecule has 0 saturated heterocycles. The maximum Gasteiger partial charge on any atom is 0.268 e. The largest absolute Gasteiger partial charge is 0.333 e. The Morgan fingerprint density at radius 1 is 0.550 bits per heavy atom. The van der Waals surface area contributed by atoms with Crippen LogP contribution in [0.3, 0.4) is 0 Å². The van der Waals surface area contributed by atoms with E-state index < -0.39 is 0 Å². The van der Waals surface area contributed by atoms with Crippen molar-refractivity contribution in [3.63, 3.8) is 0 Å². The van der Waals surface area contributed by atoms with Crippen molar-refractivity contribution in [1.82, 2.24) is 4.57 Å². The Morgan fingerprint density at radius 3 is 1.73 bits per heavy atom. The van der Waals surface area contributed by atoms with E-state index in [1.165, 1.54) is 89.6 Å². The number of anilines is 4.